The number of nitrogens with zero attached hydrogens (tertiary/aromatic N) is 1. The van der Waals surface area contributed by atoms with Crippen LogP contribution in [0.2, 0.25) is 0 Å². The molecule has 0 bridgehead atoms. The van der Waals surface area contributed by atoms with Gasteiger partial charge < -0.3 is 10.1 Å². The fourth-order valence-corrected chi connectivity index (χ4v) is 1.89. The van der Waals surface area contributed by atoms with Gasteiger partial charge in [-0.15, -0.1) is 0 Å². The van der Waals surface area contributed by atoms with Crippen LogP contribution in [0.25, 0.3) is 0 Å². The molecule has 1 N–H and O–H groups in total. The maximum atomic E-state index is 5.69. The molecule has 2 heterocycles. The summed E-state index contributed by atoms with van der Waals surface area (Å²) in [6.45, 7) is 3.85. The van der Waals surface area contributed by atoms with Crippen LogP contribution in [0.1, 0.15) is 18.4 Å². The predicted molar refractivity (Wildman–Crippen MR) is 59.5 cm³/mol. The topological polar surface area (TPSA) is 34.1 Å². The number of pyridine rings is 1. The molecular formula is C12H18N2O. The minimum absolute atomic E-state index is 0.695. The molecule has 0 aromatic carbocycles. The van der Waals surface area contributed by atoms with Gasteiger partial charge >= 0.3 is 0 Å². The molecule has 1 aromatic rings. The van der Waals surface area contributed by atoms with E-state index >= 15 is 0 Å². The highest BCUT2D eigenvalue weighted by Gasteiger charge is 2.12. The van der Waals surface area contributed by atoms with Gasteiger partial charge in [-0.05, 0) is 43.0 Å². The first-order chi connectivity index (χ1) is 7.45. The highest BCUT2D eigenvalue weighted by molar-refractivity contribution is 5.07. The lowest BCUT2D eigenvalue weighted by molar-refractivity contribution is 0.0782. The normalized spacial score (nSPS) is 21.5. The van der Waals surface area contributed by atoms with Crippen LogP contribution in [0, 0.1) is 5.92 Å². The quantitative estimate of drug-likeness (QED) is 0.812. The highest BCUT2D eigenvalue weighted by atomic mass is 16.5. The first-order valence-corrected chi connectivity index (χ1v) is 5.62. The molecule has 1 aromatic heterocycles. The Kier molecular flexibility index (Phi) is 4.11. The van der Waals surface area contributed by atoms with Crippen molar-refractivity contribution in [3.63, 3.8) is 0 Å². The van der Waals surface area contributed by atoms with Crippen molar-refractivity contribution in [2.45, 2.75) is 19.4 Å². The molecule has 15 heavy (non-hydrogen) atoms. The van der Waals surface area contributed by atoms with Crippen molar-refractivity contribution in [1.29, 1.82) is 0 Å². The smallest absolute Gasteiger partial charge is 0.0718 e. The second-order valence-electron chi connectivity index (χ2n) is 4.08. The zero-order valence-corrected chi connectivity index (χ0v) is 8.98. The Morgan fingerprint density at radius 1 is 1.40 bits per heavy atom. The van der Waals surface area contributed by atoms with Crippen molar-refractivity contribution in [1.82, 2.24) is 10.3 Å². The summed E-state index contributed by atoms with van der Waals surface area (Å²) in [4.78, 5) is 3.98. The lowest BCUT2D eigenvalue weighted by Gasteiger charge is -2.22. The molecule has 3 heteroatoms. The fourth-order valence-electron chi connectivity index (χ4n) is 1.89. The Morgan fingerprint density at radius 3 is 3.00 bits per heavy atom. The van der Waals surface area contributed by atoms with Crippen LogP contribution in [0.4, 0.5) is 0 Å². The summed E-state index contributed by atoms with van der Waals surface area (Å²) in [6, 6.07) is 4.00. The van der Waals surface area contributed by atoms with Gasteiger partial charge in [-0.1, -0.05) is 0 Å². The van der Waals surface area contributed by atoms with Gasteiger partial charge in [0.15, 0.2) is 0 Å². The highest BCUT2D eigenvalue weighted by Crippen LogP contribution is 2.11. The van der Waals surface area contributed by atoms with Crippen LogP contribution in [0.3, 0.4) is 0 Å². The zero-order valence-electron chi connectivity index (χ0n) is 8.98. The third-order valence-electron chi connectivity index (χ3n) is 2.77. The predicted octanol–water partition coefficient (Wildman–Crippen LogP) is 1.60. The number of nitrogens with one attached hydrogen (secondary N) is 1. The molecule has 0 spiro atoms. The molecule has 3 nitrogen and oxygen atoms in total. The van der Waals surface area contributed by atoms with E-state index in [1.165, 1.54) is 24.9 Å². The van der Waals surface area contributed by atoms with E-state index in [2.05, 4.69) is 10.3 Å². The third kappa shape index (κ3) is 3.61. The number of aromatic nitrogens is 1. The standard InChI is InChI=1S/C12H18N2O/c1-2-12(8-14-5-1)10-15-9-11-3-6-13-7-4-11/h3-4,6-7,12,14H,1-2,5,8-10H2/t12-/m1/s1. The van der Waals surface area contributed by atoms with Gasteiger partial charge in [0.2, 0.25) is 0 Å². The largest absolute Gasteiger partial charge is 0.376 e. The minimum atomic E-state index is 0.695. The molecular weight excluding hydrogens is 188 g/mol. The number of hydrogen-bond acceptors (Lipinski definition) is 3. The van der Waals surface area contributed by atoms with E-state index in [0.29, 0.717) is 12.5 Å². The molecule has 1 atom stereocenters. The molecule has 1 fully saturated rings. The summed E-state index contributed by atoms with van der Waals surface area (Å²) in [5, 5.41) is 3.39. The summed E-state index contributed by atoms with van der Waals surface area (Å²) in [6.07, 6.45) is 6.19. The summed E-state index contributed by atoms with van der Waals surface area (Å²) in [5.74, 6) is 0.695. The second kappa shape index (κ2) is 5.83. The number of ether oxygens (including phenoxy) is 1. The van der Waals surface area contributed by atoms with E-state index in [1.807, 2.05) is 12.1 Å². The Balaban J connectivity index is 1.66. The van der Waals surface area contributed by atoms with Crippen molar-refractivity contribution < 1.29 is 4.74 Å². The monoisotopic (exact) mass is 206 g/mol. The Bertz CT molecular complexity index is 270. The van der Waals surface area contributed by atoms with Crippen LogP contribution in [0.5, 0.6) is 0 Å². The van der Waals surface area contributed by atoms with E-state index in [1.54, 1.807) is 12.4 Å². The summed E-state index contributed by atoms with van der Waals surface area (Å²) < 4.78 is 5.69. The first-order valence-electron chi connectivity index (χ1n) is 5.62. The van der Waals surface area contributed by atoms with E-state index in [-0.39, 0.29) is 0 Å². The van der Waals surface area contributed by atoms with Crippen LogP contribution in [-0.2, 0) is 11.3 Å². The maximum Gasteiger partial charge on any atom is 0.0718 e. The van der Waals surface area contributed by atoms with E-state index in [0.717, 1.165) is 13.2 Å². The van der Waals surface area contributed by atoms with Gasteiger partial charge in [0.25, 0.3) is 0 Å². The first kappa shape index (κ1) is 10.6. The molecule has 0 aliphatic carbocycles. The molecule has 0 unspecified atom stereocenters. The molecule has 0 amide bonds. The van der Waals surface area contributed by atoms with Gasteiger partial charge in [0.05, 0.1) is 13.2 Å². The Labute approximate surface area is 90.9 Å². The molecule has 1 aliphatic heterocycles. The van der Waals surface area contributed by atoms with Crippen LogP contribution in [0.15, 0.2) is 24.5 Å². The lowest BCUT2D eigenvalue weighted by atomic mass is 10.0. The van der Waals surface area contributed by atoms with Crippen LogP contribution < -0.4 is 5.32 Å². The van der Waals surface area contributed by atoms with Crippen molar-refractivity contribution >= 4 is 0 Å². The SMILES string of the molecule is c1cc(COC[C@@H]2CCCNC2)ccn1. The van der Waals surface area contributed by atoms with Gasteiger partial charge in [-0.25, -0.2) is 0 Å². The summed E-state index contributed by atoms with van der Waals surface area (Å²) in [7, 11) is 0. The molecule has 82 valence electrons. The Morgan fingerprint density at radius 2 is 2.27 bits per heavy atom. The van der Waals surface area contributed by atoms with Crippen LogP contribution >= 0.6 is 0 Å². The summed E-state index contributed by atoms with van der Waals surface area (Å²) in [5.41, 5.74) is 1.20. The van der Waals surface area contributed by atoms with Crippen LogP contribution in [-0.4, -0.2) is 24.7 Å². The molecule has 0 saturated carbocycles. The average Bonchev–Trinajstić information content (AvgIpc) is 2.32. The lowest BCUT2D eigenvalue weighted by Crippen LogP contribution is -2.32. The third-order valence-corrected chi connectivity index (χ3v) is 2.77. The fraction of sp³-hybridized carbons (Fsp3) is 0.583. The number of piperidine rings is 1. The van der Waals surface area contributed by atoms with Gasteiger partial charge in [0, 0.05) is 18.9 Å². The van der Waals surface area contributed by atoms with Crippen molar-refractivity contribution in [3.8, 4) is 0 Å². The van der Waals surface area contributed by atoms with E-state index < -0.39 is 0 Å². The molecule has 1 saturated heterocycles. The van der Waals surface area contributed by atoms with Crippen molar-refractivity contribution in [2.75, 3.05) is 19.7 Å². The number of hydrogen-bond donors (Lipinski definition) is 1. The maximum absolute atomic E-state index is 5.69. The molecule has 0 radical (unpaired) electrons. The number of rotatable bonds is 4. The van der Waals surface area contributed by atoms with Gasteiger partial charge in [-0.2, -0.15) is 0 Å². The second-order valence-corrected chi connectivity index (χ2v) is 4.08. The van der Waals surface area contributed by atoms with Crippen molar-refractivity contribution in [3.05, 3.63) is 30.1 Å². The minimum Gasteiger partial charge on any atom is -0.376 e. The zero-order chi connectivity index (χ0) is 10.3. The Hall–Kier alpha value is -0.930. The molecule has 2 rings (SSSR count). The average molecular weight is 206 g/mol. The van der Waals surface area contributed by atoms with E-state index in [9.17, 15) is 0 Å². The molecule has 1 aliphatic rings. The van der Waals surface area contributed by atoms with Gasteiger partial charge in [-0.3, -0.25) is 4.98 Å². The van der Waals surface area contributed by atoms with E-state index in [4.69, 9.17) is 4.74 Å². The van der Waals surface area contributed by atoms with Gasteiger partial charge in [0.1, 0.15) is 0 Å². The van der Waals surface area contributed by atoms with Crippen molar-refractivity contribution in [2.24, 2.45) is 5.92 Å². The summed E-state index contributed by atoms with van der Waals surface area (Å²) >= 11 is 0.